The number of sulfonamides is 1. The van der Waals surface area contributed by atoms with E-state index in [-0.39, 0.29) is 21.7 Å². The Bertz CT molecular complexity index is 809. The standard InChI is InChI=1S/C27H47FN3O2S/c1-3-5-7-9-11-12-13-14-15-16-18-21-25-22-20-23-26(30-29)27(25)34(32,33)31(28)24-19-17-10-8-6-4-2/h20,22-23H,3-19,21,24H2,1-2H3/q+1. The SMILES string of the molecule is CCCCCCCCCCCCCc1cccc([N+]#N)c1S(=O)(=O)N(F)CCCCCCCC. The average Bonchev–Trinajstić information content (AvgIpc) is 2.84. The Labute approximate surface area is 208 Å². The van der Waals surface area contributed by atoms with Crippen LogP contribution in [0.25, 0.3) is 4.98 Å². The number of halogens is 1. The molecule has 0 radical (unpaired) electrons. The van der Waals surface area contributed by atoms with Gasteiger partial charge >= 0.3 is 5.69 Å². The molecule has 0 N–H and O–H groups in total. The molecule has 34 heavy (non-hydrogen) atoms. The first-order chi connectivity index (χ1) is 16.5. The zero-order valence-corrected chi connectivity index (χ0v) is 22.4. The molecule has 0 fully saturated rings. The van der Waals surface area contributed by atoms with Gasteiger partial charge in [-0.1, -0.05) is 122 Å². The molecule has 0 aliphatic carbocycles. The highest BCUT2D eigenvalue weighted by Gasteiger charge is 2.35. The summed E-state index contributed by atoms with van der Waals surface area (Å²) in [5, 5.41) is 9.36. The van der Waals surface area contributed by atoms with Crippen LogP contribution in [0.1, 0.15) is 129 Å². The van der Waals surface area contributed by atoms with Gasteiger partial charge < -0.3 is 0 Å². The summed E-state index contributed by atoms with van der Waals surface area (Å²) in [4.78, 5) is 2.95. The predicted octanol–water partition coefficient (Wildman–Crippen LogP) is 9.26. The summed E-state index contributed by atoms with van der Waals surface area (Å²) >= 11 is 0. The number of diazo groups is 1. The predicted molar refractivity (Wildman–Crippen MR) is 140 cm³/mol. The van der Waals surface area contributed by atoms with Crippen LogP contribution in [0.2, 0.25) is 0 Å². The Morgan fingerprint density at radius 1 is 0.765 bits per heavy atom. The van der Waals surface area contributed by atoms with Crippen molar-refractivity contribution in [1.82, 2.24) is 4.53 Å². The van der Waals surface area contributed by atoms with E-state index in [4.69, 9.17) is 0 Å². The molecule has 0 atom stereocenters. The normalized spacial score (nSPS) is 11.7. The molecule has 194 valence electrons. The minimum absolute atomic E-state index is 0.0686. The van der Waals surface area contributed by atoms with Crippen molar-refractivity contribution in [3.63, 3.8) is 0 Å². The van der Waals surface area contributed by atoms with Crippen molar-refractivity contribution < 1.29 is 12.9 Å². The van der Waals surface area contributed by atoms with Crippen LogP contribution in [-0.2, 0) is 16.4 Å². The Hall–Kier alpha value is -1.52. The van der Waals surface area contributed by atoms with Crippen LogP contribution < -0.4 is 0 Å². The van der Waals surface area contributed by atoms with Crippen molar-refractivity contribution in [3.8, 4) is 0 Å². The maximum atomic E-state index is 14.7. The Kier molecular flexibility index (Phi) is 16.8. The van der Waals surface area contributed by atoms with Crippen molar-refractivity contribution in [2.24, 2.45) is 0 Å². The molecule has 0 saturated heterocycles. The summed E-state index contributed by atoms with van der Waals surface area (Å²) < 4.78 is 40.6. The monoisotopic (exact) mass is 496 g/mol. The fourth-order valence-corrected chi connectivity index (χ4v) is 5.80. The fraction of sp³-hybridized carbons (Fsp3) is 0.778. The van der Waals surface area contributed by atoms with Crippen LogP contribution in [0.3, 0.4) is 0 Å². The summed E-state index contributed by atoms with van der Waals surface area (Å²) in [5.41, 5.74) is 0.433. The molecule has 0 aromatic heterocycles. The second-order valence-electron chi connectivity index (χ2n) is 9.43. The molecule has 0 spiro atoms. The lowest BCUT2D eigenvalue weighted by Crippen LogP contribution is -2.25. The quantitative estimate of drug-likeness (QED) is 0.0967. The van der Waals surface area contributed by atoms with Crippen molar-refractivity contribution in [3.05, 3.63) is 28.7 Å². The Morgan fingerprint density at radius 2 is 1.24 bits per heavy atom. The van der Waals surface area contributed by atoms with E-state index in [0.717, 1.165) is 51.4 Å². The third-order valence-corrected chi connectivity index (χ3v) is 8.13. The molecule has 5 nitrogen and oxygen atoms in total. The van der Waals surface area contributed by atoms with Gasteiger partial charge in [-0.15, -0.1) is 4.48 Å². The zero-order valence-electron chi connectivity index (χ0n) is 21.6. The van der Waals surface area contributed by atoms with Crippen molar-refractivity contribution in [2.45, 2.75) is 134 Å². The second kappa shape index (κ2) is 18.8. The maximum Gasteiger partial charge on any atom is 0.405 e. The van der Waals surface area contributed by atoms with Gasteiger partial charge in [-0.2, -0.15) is 0 Å². The number of rotatable bonds is 21. The zero-order chi connectivity index (χ0) is 25.1. The molecule has 0 aliphatic rings. The molecule has 7 heteroatoms. The summed E-state index contributed by atoms with van der Waals surface area (Å²) in [6, 6.07) is 4.78. The van der Waals surface area contributed by atoms with Crippen LogP contribution in [0.5, 0.6) is 0 Å². The minimum Gasteiger partial charge on any atom is -0.204 e. The molecule has 1 rings (SSSR count). The second-order valence-corrected chi connectivity index (χ2v) is 11.2. The number of hydrogen-bond donors (Lipinski definition) is 0. The highest BCUT2D eigenvalue weighted by Crippen LogP contribution is 2.32. The van der Waals surface area contributed by atoms with Gasteiger partial charge in [0, 0.05) is 12.6 Å². The van der Waals surface area contributed by atoms with E-state index in [0.29, 0.717) is 18.4 Å². The van der Waals surface area contributed by atoms with Crippen LogP contribution in [0.4, 0.5) is 10.2 Å². The van der Waals surface area contributed by atoms with Gasteiger partial charge in [-0.05, 0) is 29.4 Å². The van der Waals surface area contributed by atoms with E-state index >= 15 is 0 Å². The van der Waals surface area contributed by atoms with Gasteiger partial charge in [0.1, 0.15) is 0 Å². The van der Waals surface area contributed by atoms with Gasteiger partial charge in [0.2, 0.25) is 5.39 Å². The molecule has 1 aromatic carbocycles. The molecule has 0 saturated carbocycles. The van der Waals surface area contributed by atoms with Gasteiger partial charge in [-0.25, -0.2) is 8.42 Å². The van der Waals surface area contributed by atoms with Crippen molar-refractivity contribution >= 4 is 15.7 Å². The van der Waals surface area contributed by atoms with E-state index < -0.39 is 10.0 Å². The van der Waals surface area contributed by atoms with Crippen molar-refractivity contribution in [1.29, 1.82) is 5.39 Å². The number of hydrogen-bond acceptors (Lipinski definition) is 3. The fourth-order valence-electron chi connectivity index (χ4n) is 4.36. The molecule has 0 aliphatic heterocycles. The lowest BCUT2D eigenvalue weighted by atomic mass is 10.0. The lowest BCUT2D eigenvalue weighted by Gasteiger charge is -2.14. The largest absolute Gasteiger partial charge is 0.405 e. The highest BCUT2D eigenvalue weighted by molar-refractivity contribution is 7.89. The topological polar surface area (TPSA) is 65.5 Å². The summed E-state index contributed by atoms with van der Waals surface area (Å²) in [5.74, 6) is 0. The third kappa shape index (κ3) is 11.8. The van der Waals surface area contributed by atoms with E-state index in [1.54, 1.807) is 12.1 Å². The molecule has 0 bridgehead atoms. The van der Waals surface area contributed by atoms with Crippen LogP contribution >= 0.6 is 0 Å². The molecule has 0 heterocycles. The van der Waals surface area contributed by atoms with Crippen LogP contribution in [-0.4, -0.2) is 19.5 Å². The summed E-state index contributed by atoms with van der Waals surface area (Å²) in [6.45, 7) is 4.19. The van der Waals surface area contributed by atoms with Crippen LogP contribution in [0.15, 0.2) is 23.1 Å². The Morgan fingerprint density at radius 3 is 1.74 bits per heavy atom. The van der Waals surface area contributed by atoms with E-state index in [2.05, 4.69) is 18.8 Å². The minimum atomic E-state index is -4.36. The van der Waals surface area contributed by atoms with Gasteiger partial charge in [0.05, 0.1) is 0 Å². The van der Waals surface area contributed by atoms with E-state index in [1.807, 2.05) is 0 Å². The molecular formula is C27H47FN3O2S+. The summed E-state index contributed by atoms with van der Waals surface area (Å²) in [7, 11) is -4.36. The van der Waals surface area contributed by atoms with E-state index in [9.17, 15) is 18.3 Å². The molecule has 0 unspecified atom stereocenters. The number of benzene rings is 1. The highest BCUT2D eigenvalue weighted by atomic mass is 32.2. The number of aryl methyl sites for hydroxylation is 1. The Balaban J connectivity index is 2.53. The molecule has 0 amide bonds. The number of unbranched alkanes of at least 4 members (excludes halogenated alkanes) is 15. The average molecular weight is 497 g/mol. The maximum absolute atomic E-state index is 14.7. The van der Waals surface area contributed by atoms with E-state index in [1.165, 1.54) is 57.4 Å². The van der Waals surface area contributed by atoms with Gasteiger partial charge in [0.15, 0.2) is 9.87 Å². The van der Waals surface area contributed by atoms with Gasteiger partial charge in [0.25, 0.3) is 10.0 Å². The van der Waals surface area contributed by atoms with Crippen molar-refractivity contribution in [2.75, 3.05) is 6.54 Å². The first-order valence-corrected chi connectivity index (χ1v) is 15.1. The molecule has 1 aromatic rings. The smallest absolute Gasteiger partial charge is 0.204 e. The number of nitrogens with zero attached hydrogens (tertiary/aromatic N) is 3. The van der Waals surface area contributed by atoms with Crippen LogP contribution in [0, 0.1) is 5.39 Å². The summed E-state index contributed by atoms with van der Waals surface area (Å²) in [6.07, 6.45) is 19.5. The lowest BCUT2D eigenvalue weighted by molar-refractivity contribution is 0.136. The van der Waals surface area contributed by atoms with Gasteiger partial charge in [-0.3, -0.25) is 0 Å². The third-order valence-electron chi connectivity index (χ3n) is 6.44. The molecular weight excluding hydrogens is 449 g/mol. The first-order valence-electron chi connectivity index (χ1n) is 13.6. The first kappa shape index (κ1) is 30.5.